The van der Waals surface area contributed by atoms with Crippen LogP contribution >= 0.6 is 11.3 Å². The van der Waals surface area contributed by atoms with E-state index in [2.05, 4.69) is 18.8 Å². The zero-order valence-electron chi connectivity index (χ0n) is 10.5. The van der Waals surface area contributed by atoms with Crippen molar-refractivity contribution in [2.75, 3.05) is 0 Å². The maximum absolute atomic E-state index is 12.3. The van der Waals surface area contributed by atoms with Crippen molar-refractivity contribution in [3.05, 3.63) is 16.1 Å². The van der Waals surface area contributed by atoms with Crippen LogP contribution in [-0.2, 0) is 6.54 Å². The van der Waals surface area contributed by atoms with Crippen LogP contribution in [0.1, 0.15) is 48.6 Å². The van der Waals surface area contributed by atoms with E-state index in [0.29, 0.717) is 18.2 Å². The molecule has 0 saturated heterocycles. The summed E-state index contributed by atoms with van der Waals surface area (Å²) >= 11 is 1.49. The molecule has 3 atom stereocenters. The Morgan fingerprint density at radius 1 is 1.47 bits per heavy atom. The standard InChI is InChI=1S/C13H20N2OS/c1-8-3-4-10(5-9(8)2)13(16)11-7-17-12(6-14)15-11/h7-10H,3-6,14H2,1-2H3. The van der Waals surface area contributed by atoms with Crippen LogP contribution in [0.15, 0.2) is 5.38 Å². The number of aromatic nitrogens is 1. The Morgan fingerprint density at radius 3 is 2.82 bits per heavy atom. The summed E-state index contributed by atoms with van der Waals surface area (Å²) in [5.41, 5.74) is 6.15. The molecule has 2 N–H and O–H groups in total. The lowest BCUT2D eigenvalue weighted by Crippen LogP contribution is -2.26. The molecule has 1 aliphatic rings. The highest BCUT2D eigenvalue weighted by molar-refractivity contribution is 7.09. The van der Waals surface area contributed by atoms with Crippen LogP contribution in [0.2, 0.25) is 0 Å². The Bertz CT molecular complexity index is 402. The number of thiazole rings is 1. The molecule has 1 aromatic rings. The van der Waals surface area contributed by atoms with Gasteiger partial charge in [-0.05, 0) is 31.1 Å². The maximum atomic E-state index is 12.3. The van der Waals surface area contributed by atoms with E-state index in [4.69, 9.17) is 5.73 Å². The van der Waals surface area contributed by atoms with E-state index in [1.807, 2.05) is 5.38 Å². The largest absolute Gasteiger partial charge is 0.325 e. The molecular weight excluding hydrogens is 232 g/mol. The van der Waals surface area contributed by atoms with Gasteiger partial charge in [0, 0.05) is 17.8 Å². The fourth-order valence-electron chi connectivity index (χ4n) is 2.51. The molecular formula is C13H20N2OS. The number of nitrogens with two attached hydrogens (primary N) is 1. The molecule has 0 amide bonds. The number of nitrogens with zero attached hydrogens (tertiary/aromatic N) is 1. The normalized spacial score (nSPS) is 29.2. The van der Waals surface area contributed by atoms with Gasteiger partial charge in [-0.25, -0.2) is 4.98 Å². The van der Waals surface area contributed by atoms with E-state index in [1.54, 1.807) is 0 Å². The molecule has 2 rings (SSSR count). The minimum absolute atomic E-state index is 0.175. The molecule has 0 radical (unpaired) electrons. The molecule has 4 heteroatoms. The topological polar surface area (TPSA) is 56.0 Å². The third-order valence-electron chi connectivity index (χ3n) is 3.95. The van der Waals surface area contributed by atoms with Crippen molar-refractivity contribution in [2.24, 2.45) is 23.5 Å². The number of rotatable bonds is 3. The lowest BCUT2D eigenvalue weighted by Gasteiger charge is -2.30. The highest BCUT2D eigenvalue weighted by Crippen LogP contribution is 2.35. The lowest BCUT2D eigenvalue weighted by molar-refractivity contribution is 0.0833. The van der Waals surface area contributed by atoms with E-state index in [0.717, 1.165) is 30.2 Å². The van der Waals surface area contributed by atoms with E-state index in [9.17, 15) is 4.79 Å². The molecule has 1 aliphatic carbocycles. The summed E-state index contributed by atoms with van der Waals surface area (Å²) in [5.74, 6) is 1.79. The predicted octanol–water partition coefficient (Wildman–Crippen LogP) is 2.86. The van der Waals surface area contributed by atoms with E-state index >= 15 is 0 Å². The first-order valence-electron chi connectivity index (χ1n) is 6.30. The Labute approximate surface area is 106 Å². The fraction of sp³-hybridized carbons (Fsp3) is 0.692. The molecule has 0 aliphatic heterocycles. The Kier molecular flexibility index (Phi) is 3.94. The van der Waals surface area contributed by atoms with Crippen molar-refractivity contribution in [2.45, 2.75) is 39.7 Å². The van der Waals surface area contributed by atoms with Crippen molar-refractivity contribution in [3.63, 3.8) is 0 Å². The first-order valence-corrected chi connectivity index (χ1v) is 7.18. The predicted molar refractivity (Wildman–Crippen MR) is 70.0 cm³/mol. The average Bonchev–Trinajstić information content (AvgIpc) is 2.80. The summed E-state index contributed by atoms with van der Waals surface area (Å²) in [5, 5.41) is 2.71. The molecule has 1 heterocycles. The van der Waals surface area contributed by atoms with Gasteiger partial charge in [0.15, 0.2) is 5.78 Å². The summed E-state index contributed by atoms with van der Waals surface area (Å²) in [6.45, 7) is 4.95. The third kappa shape index (κ3) is 2.75. The van der Waals surface area contributed by atoms with E-state index in [1.165, 1.54) is 11.3 Å². The van der Waals surface area contributed by atoms with Crippen molar-refractivity contribution in [1.82, 2.24) is 4.98 Å². The smallest absolute Gasteiger partial charge is 0.185 e. The van der Waals surface area contributed by atoms with Gasteiger partial charge in [-0.1, -0.05) is 13.8 Å². The monoisotopic (exact) mass is 252 g/mol. The number of carbonyl (C=O) groups excluding carboxylic acids is 1. The summed E-state index contributed by atoms with van der Waals surface area (Å²) in [6, 6.07) is 0. The molecule has 1 saturated carbocycles. The molecule has 3 nitrogen and oxygen atoms in total. The number of Topliss-reactive ketones (excluding diaryl/α,β-unsaturated/α-hetero) is 1. The van der Waals surface area contributed by atoms with Gasteiger partial charge >= 0.3 is 0 Å². The second kappa shape index (κ2) is 5.27. The zero-order chi connectivity index (χ0) is 12.4. The van der Waals surface area contributed by atoms with Crippen LogP contribution in [0.25, 0.3) is 0 Å². The van der Waals surface area contributed by atoms with E-state index < -0.39 is 0 Å². The first-order chi connectivity index (χ1) is 8.11. The molecule has 1 aromatic heterocycles. The number of carbonyl (C=O) groups is 1. The second-order valence-electron chi connectivity index (χ2n) is 5.16. The van der Waals surface area contributed by atoms with E-state index in [-0.39, 0.29) is 11.7 Å². The van der Waals surface area contributed by atoms with Crippen LogP contribution < -0.4 is 5.73 Å². The summed E-state index contributed by atoms with van der Waals surface area (Å²) in [7, 11) is 0. The lowest BCUT2D eigenvalue weighted by atomic mass is 9.74. The van der Waals surface area contributed by atoms with Crippen LogP contribution in [0, 0.1) is 17.8 Å². The Morgan fingerprint density at radius 2 is 2.24 bits per heavy atom. The van der Waals surface area contributed by atoms with Crippen molar-refractivity contribution >= 4 is 17.1 Å². The zero-order valence-corrected chi connectivity index (χ0v) is 11.3. The summed E-state index contributed by atoms with van der Waals surface area (Å²) in [6.07, 6.45) is 3.18. The fourth-order valence-corrected chi connectivity index (χ4v) is 3.18. The number of ketones is 1. The average molecular weight is 252 g/mol. The number of hydrogen-bond acceptors (Lipinski definition) is 4. The molecule has 1 fully saturated rings. The van der Waals surface area contributed by atoms with Crippen LogP contribution in [-0.4, -0.2) is 10.8 Å². The quantitative estimate of drug-likeness (QED) is 0.842. The molecule has 0 spiro atoms. The van der Waals surface area contributed by atoms with Gasteiger partial charge in [-0.3, -0.25) is 4.79 Å². The first kappa shape index (κ1) is 12.7. The molecule has 3 unspecified atom stereocenters. The highest BCUT2D eigenvalue weighted by Gasteiger charge is 2.30. The van der Waals surface area contributed by atoms with Gasteiger partial charge < -0.3 is 5.73 Å². The van der Waals surface area contributed by atoms with Crippen LogP contribution in [0.3, 0.4) is 0 Å². The minimum atomic E-state index is 0.175. The third-order valence-corrected chi connectivity index (χ3v) is 4.82. The maximum Gasteiger partial charge on any atom is 0.185 e. The van der Waals surface area contributed by atoms with Gasteiger partial charge in [-0.2, -0.15) is 0 Å². The molecule has 0 bridgehead atoms. The molecule has 17 heavy (non-hydrogen) atoms. The Hall–Kier alpha value is -0.740. The second-order valence-corrected chi connectivity index (χ2v) is 6.10. The number of hydrogen-bond donors (Lipinski definition) is 1. The van der Waals surface area contributed by atoms with Crippen molar-refractivity contribution in [1.29, 1.82) is 0 Å². The van der Waals surface area contributed by atoms with Gasteiger partial charge in [0.1, 0.15) is 10.7 Å². The molecule has 94 valence electrons. The highest BCUT2D eigenvalue weighted by atomic mass is 32.1. The van der Waals surface area contributed by atoms with Crippen molar-refractivity contribution in [3.8, 4) is 0 Å². The van der Waals surface area contributed by atoms with Crippen LogP contribution in [0.5, 0.6) is 0 Å². The van der Waals surface area contributed by atoms with Crippen molar-refractivity contribution < 1.29 is 4.79 Å². The molecule has 0 aromatic carbocycles. The summed E-state index contributed by atoms with van der Waals surface area (Å²) in [4.78, 5) is 16.6. The van der Waals surface area contributed by atoms with Gasteiger partial charge in [0.05, 0.1) is 0 Å². The SMILES string of the molecule is CC1CCC(C(=O)c2csc(CN)n2)CC1C. The Balaban J connectivity index is 2.05. The van der Waals surface area contributed by atoms with Gasteiger partial charge in [0.25, 0.3) is 0 Å². The van der Waals surface area contributed by atoms with Gasteiger partial charge in [-0.15, -0.1) is 11.3 Å². The minimum Gasteiger partial charge on any atom is -0.325 e. The van der Waals surface area contributed by atoms with Gasteiger partial charge in [0.2, 0.25) is 0 Å². The van der Waals surface area contributed by atoms with Crippen LogP contribution in [0.4, 0.5) is 0 Å². The summed E-state index contributed by atoms with van der Waals surface area (Å²) < 4.78 is 0.